The van der Waals surface area contributed by atoms with E-state index in [1.807, 2.05) is 0 Å². The third-order valence-corrected chi connectivity index (χ3v) is 4.07. The molecule has 4 nitrogen and oxygen atoms in total. The normalized spacial score (nSPS) is 14.6. The first-order valence-corrected chi connectivity index (χ1v) is 8.20. The van der Waals surface area contributed by atoms with E-state index in [1.54, 1.807) is 42.5 Å². The van der Waals surface area contributed by atoms with Crippen LogP contribution in [0.2, 0.25) is 10.0 Å². The number of carbonyl (C=O) groups excluding carboxylic acids is 1. The van der Waals surface area contributed by atoms with Crippen LogP contribution in [-0.2, 0) is 4.79 Å². The largest absolute Gasteiger partial charge is 0.493 e. The van der Waals surface area contributed by atoms with Crippen LogP contribution < -0.4 is 10.1 Å². The lowest BCUT2D eigenvalue weighted by Gasteiger charge is -2.10. The standard InChI is InChI=1S/C18H15Cl2NO3/c19-12-3-5-17(24-7-1-6-22)11(8-12)9-15-14-4-2-13(20)10-16(14)21-18(15)23/h2-5,8-10,22H,1,6-7H2,(H,21,23)/b15-9+. The number of rotatable bonds is 5. The number of nitrogens with one attached hydrogen (secondary N) is 1. The second-order valence-electron chi connectivity index (χ2n) is 5.31. The zero-order valence-corrected chi connectivity index (χ0v) is 14.2. The van der Waals surface area contributed by atoms with Gasteiger partial charge in [0.15, 0.2) is 0 Å². The van der Waals surface area contributed by atoms with E-state index in [4.69, 9.17) is 33.0 Å². The van der Waals surface area contributed by atoms with Crippen LogP contribution in [0.15, 0.2) is 36.4 Å². The molecule has 0 bridgehead atoms. The molecule has 0 spiro atoms. The Balaban J connectivity index is 1.99. The van der Waals surface area contributed by atoms with Gasteiger partial charge in [-0.1, -0.05) is 29.3 Å². The summed E-state index contributed by atoms with van der Waals surface area (Å²) in [5.74, 6) is 0.407. The molecule has 6 heteroatoms. The van der Waals surface area contributed by atoms with E-state index in [2.05, 4.69) is 5.32 Å². The molecule has 0 aliphatic carbocycles. The van der Waals surface area contributed by atoms with Crippen molar-refractivity contribution in [3.63, 3.8) is 0 Å². The van der Waals surface area contributed by atoms with Gasteiger partial charge < -0.3 is 15.2 Å². The van der Waals surface area contributed by atoms with Gasteiger partial charge in [-0.15, -0.1) is 0 Å². The van der Waals surface area contributed by atoms with Gasteiger partial charge in [-0.2, -0.15) is 0 Å². The number of carbonyl (C=O) groups is 1. The fourth-order valence-corrected chi connectivity index (χ4v) is 2.83. The Labute approximate surface area is 149 Å². The van der Waals surface area contributed by atoms with Gasteiger partial charge in [0, 0.05) is 39.8 Å². The van der Waals surface area contributed by atoms with Gasteiger partial charge in [0.05, 0.1) is 12.3 Å². The molecule has 3 rings (SSSR count). The molecular formula is C18H15Cl2NO3. The van der Waals surface area contributed by atoms with Crippen molar-refractivity contribution in [2.24, 2.45) is 0 Å². The number of ether oxygens (including phenoxy) is 1. The molecule has 24 heavy (non-hydrogen) atoms. The summed E-state index contributed by atoms with van der Waals surface area (Å²) in [6, 6.07) is 10.5. The average molecular weight is 364 g/mol. The van der Waals surface area contributed by atoms with E-state index >= 15 is 0 Å². The zero-order valence-electron chi connectivity index (χ0n) is 12.7. The quantitative estimate of drug-likeness (QED) is 0.616. The van der Waals surface area contributed by atoms with Crippen molar-refractivity contribution in [3.8, 4) is 5.75 Å². The molecule has 1 aliphatic rings. The monoisotopic (exact) mass is 363 g/mol. The number of hydrogen-bond acceptors (Lipinski definition) is 3. The number of aliphatic hydroxyl groups is 1. The van der Waals surface area contributed by atoms with Crippen LogP contribution in [0.3, 0.4) is 0 Å². The van der Waals surface area contributed by atoms with Crippen LogP contribution >= 0.6 is 23.2 Å². The maximum absolute atomic E-state index is 12.3. The third kappa shape index (κ3) is 3.56. The Hall–Kier alpha value is -2.01. The summed E-state index contributed by atoms with van der Waals surface area (Å²) in [6.07, 6.45) is 2.27. The van der Waals surface area contributed by atoms with Crippen LogP contribution in [0.5, 0.6) is 5.75 Å². The van der Waals surface area contributed by atoms with Gasteiger partial charge in [0.2, 0.25) is 0 Å². The summed E-state index contributed by atoms with van der Waals surface area (Å²) in [7, 11) is 0. The Bertz CT molecular complexity index is 818. The molecule has 1 heterocycles. The molecule has 124 valence electrons. The summed E-state index contributed by atoms with van der Waals surface area (Å²) in [5.41, 5.74) is 2.69. The maximum atomic E-state index is 12.3. The molecule has 0 atom stereocenters. The van der Waals surface area contributed by atoms with E-state index in [1.165, 1.54) is 0 Å². The molecule has 1 amide bonds. The third-order valence-electron chi connectivity index (χ3n) is 3.60. The first kappa shape index (κ1) is 16.8. The van der Waals surface area contributed by atoms with Crippen molar-refractivity contribution >= 4 is 46.4 Å². The second-order valence-corrected chi connectivity index (χ2v) is 6.18. The van der Waals surface area contributed by atoms with Crippen LogP contribution in [0.1, 0.15) is 17.5 Å². The lowest BCUT2D eigenvalue weighted by Crippen LogP contribution is -2.04. The summed E-state index contributed by atoms with van der Waals surface area (Å²) in [4.78, 5) is 12.3. The fraction of sp³-hybridized carbons (Fsp3) is 0.167. The molecule has 0 fully saturated rings. The van der Waals surface area contributed by atoms with Crippen molar-refractivity contribution < 1.29 is 14.6 Å². The number of benzene rings is 2. The summed E-state index contributed by atoms with van der Waals surface area (Å²) < 4.78 is 5.67. The highest BCUT2D eigenvalue weighted by Crippen LogP contribution is 2.36. The van der Waals surface area contributed by atoms with E-state index in [9.17, 15) is 4.79 Å². The number of fused-ring (bicyclic) bond motifs is 1. The molecule has 0 unspecified atom stereocenters. The lowest BCUT2D eigenvalue weighted by atomic mass is 10.0. The molecule has 1 aliphatic heterocycles. The van der Waals surface area contributed by atoms with Gasteiger partial charge in [0.1, 0.15) is 5.75 Å². The summed E-state index contributed by atoms with van der Waals surface area (Å²) in [6.45, 7) is 0.438. The highest BCUT2D eigenvalue weighted by atomic mass is 35.5. The molecule has 0 saturated carbocycles. The number of amides is 1. The second kappa shape index (κ2) is 7.26. The van der Waals surface area contributed by atoms with E-state index in [0.717, 1.165) is 5.56 Å². The molecular weight excluding hydrogens is 349 g/mol. The minimum absolute atomic E-state index is 0.0561. The first-order valence-electron chi connectivity index (χ1n) is 7.44. The Morgan fingerprint density at radius 3 is 2.67 bits per heavy atom. The van der Waals surface area contributed by atoms with Crippen molar-refractivity contribution in [2.75, 3.05) is 18.5 Å². The zero-order chi connectivity index (χ0) is 17.1. The number of hydrogen-bond donors (Lipinski definition) is 2. The molecule has 2 aromatic carbocycles. The highest BCUT2D eigenvalue weighted by Gasteiger charge is 2.24. The minimum Gasteiger partial charge on any atom is -0.493 e. The maximum Gasteiger partial charge on any atom is 0.256 e. The van der Waals surface area contributed by atoms with Crippen molar-refractivity contribution in [3.05, 3.63) is 57.6 Å². The number of anilines is 1. The number of halogens is 2. The number of aliphatic hydroxyl groups excluding tert-OH is 1. The summed E-state index contributed by atoms with van der Waals surface area (Å²) >= 11 is 12.0. The van der Waals surface area contributed by atoms with E-state index in [-0.39, 0.29) is 12.5 Å². The highest BCUT2D eigenvalue weighted by molar-refractivity contribution is 6.37. The van der Waals surface area contributed by atoms with Gasteiger partial charge in [0.25, 0.3) is 5.91 Å². The van der Waals surface area contributed by atoms with E-state index < -0.39 is 0 Å². The molecule has 2 aromatic rings. The lowest BCUT2D eigenvalue weighted by molar-refractivity contribution is -0.110. The van der Waals surface area contributed by atoms with Crippen molar-refractivity contribution in [1.82, 2.24) is 0 Å². The predicted molar refractivity (Wildman–Crippen MR) is 96.6 cm³/mol. The van der Waals surface area contributed by atoms with Gasteiger partial charge in [-0.25, -0.2) is 0 Å². The van der Waals surface area contributed by atoms with Crippen molar-refractivity contribution in [1.29, 1.82) is 0 Å². The van der Waals surface area contributed by atoms with Crippen LogP contribution in [0.4, 0.5) is 5.69 Å². The van der Waals surface area contributed by atoms with Crippen LogP contribution in [0, 0.1) is 0 Å². The van der Waals surface area contributed by atoms with Gasteiger partial charge in [-0.05, 0) is 36.4 Å². The van der Waals surface area contributed by atoms with Crippen LogP contribution in [0.25, 0.3) is 11.6 Å². The topological polar surface area (TPSA) is 58.6 Å². The predicted octanol–water partition coefficient (Wildman–Crippen LogP) is 4.25. The first-order chi connectivity index (χ1) is 11.6. The molecule has 0 radical (unpaired) electrons. The smallest absolute Gasteiger partial charge is 0.256 e. The Morgan fingerprint density at radius 1 is 1.12 bits per heavy atom. The van der Waals surface area contributed by atoms with Crippen LogP contribution in [-0.4, -0.2) is 24.2 Å². The molecule has 2 N–H and O–H groups in total. The Morgan fingerprint density at radius 2 is 1.88 bits per heavy atom. The van der Waals surface area contributed by atoms with Crippen molar-refractivity contribution in [2.45, 2.75) is 6.42 Å². The van der Waals surface area contributed by atoms with Gasteiger partial charge in [-0.3, -0.25) is 4.79 Å². The minimum atomic E-state index is -0.200. The average Bonchev–Trinajstić information content (AvgIpc) is 2.84. The van der Waals surface area contributed by atoms with Gasteiger partial charge >= 0.3 is 0 Å². The molecule has 0 saturated heterocycles. The Kier molecular flexibility index (Phi) is 5.09. The fourth-order valence-electron chi connectivity index (χ4n) is 2.48. The summed E-state index contributed by atoms with van der Waals surface area (Å²) in [5, 5.41) is 12.8. The SMILES string of the molecule is O=C1Nc2cc(Cl)ccc2/C1=C\c1cc(Cl)ccc1OCCCO. The van der Waals surface area contributed by atoms with E-state index in [0.29, 0.717) is 45.6 Å². The molecule has 0 aromatic heterocycles.